The second-order valence-electron chi connectivity index (χ2n) is 3.32. The zero-order valence-electron chi connectivity index (χ0n) is 9.40. The van der Waals surface area contributed by atoms with Crippen LogP contribution in [0, 0.1) is 0 Å². The molecule has 15 heavy (non-hydrogen) atoms. The third-order valence-corrected chi connectivity index (χ3v) is 2.02. The zero-order chi connectivity index (χ0) is 10.9. The van der Waals surface area contributed by atoms with Crippen LogP contribution in [0.4, 0.5) is 0 Å². The Labute approximate surface area is 91.4 Å². The van der Waals surface area contributed by atoms with Gasteiger partial charge in [0.05, 0.1) is 6.61 Å². The van der Waals surface area contributed by atoms with E-state index in [4.69, 9.17) is 9.47 Å². The first-order chi connectivity index (χ1) is 7.36. The molecule has 1 aromatic carbocycles. The molecule has 84 valence electrons. The monoisotopic (exact) mass is 209 g/mol. The van der Waals surface area contributed by atoms with Crippen molar-refractivity contribution in [1.29, 1.82) is 0 Å². The van der Waals surface area contributed by atoms with Gasteiger partial charge in [-0.05, 0) is 18.7 Å². The van der Waals surface area contributed by atoms with E-state index in [1.54, 1.807) is 7.11 Å². The van der Waals surface area contributed by atoms with E-state index in [0.717, 1.165) is 18.8 Å². The van der Waals surface area contributed by atoms with E-state index in [-0.39, 0.29) is 6.10 Å². The Bertz CT molecular complexity index is 251. The molecule has 1 N–H and O–H groups in total. The van der Waals surface area contributed by atoms with Crippen LogP contribution < -0.4 is 10.1 Å². The first-order valence-corrected chi connectivity index (χ1v) is 5.28. The van der Waals surface area contributed by atoms with Crippen molar-refractivity contribution in [3.8, 4) is 5.75 Å². The standard InChI is InChI=1S/C12H19NO2/c1-3-13-9-12(10-14-2)15-11-7-5-4-6-8-11/h4-8,12-13H,3,9-10H2,1-2H3. The molecule has 0 aliphatic heterocycles. The van der Waals surface area contributed by atoms with Crippen LogP contribution in [0.5, 0.6) is 5.75 Å². The Balaban J connectivity index is 2.43. The fraction of sp³-hybridized carbons (Fsp3) is 0.500. The number of hydrogen-bond donors (Lipinski definition) is 1. The lowest BCUT2D eigenvalue weighted by Gasteiger charge is -2.18. The summed E-state index contributed by atoms with van der Waals surface area (Å²) in [7, 11) is 1.69. The minimum Gasteiger partial charge on any atom is -0.487 e. The molecule has 0 saturated heterocycles. The van der Waals surface area contributed by atoms with Crippen LogP contribution >= 0.6 is 0 Å². The summed E-state index contributed by atoms with van der Waals surface area (Å²) in [4.78, 5) is 0. The van der Waals surface area contributed by atoms with Crippen molar-refractivity contribution < 1.29 is 9.47 Å². The maximum absolute atomic E-state index is 5.77. The van der Waals surface area contributed by atoms with Gasteiger partial charge < -0.3 is 14.8 Å². The van der Waals surface area contributed by atoms with Gasteiger partial charge >= 0.3 is 0 Å². The predicted octanol–water partition coefficient (Wildman–Crippen LogP) is 1.69. The minimum absolute atomic E-state index is 0.0670. The molecule has 1 atom stereocenters. The highest BCUT2D eigenvalue weighted by molar-refractivity contribution is 5.21. The molecule has 0 fully saturated rings. The number of nitrogens with one attached hydrogen (secondary N) is 1. The van der Waals surface area contributed by atoms with Crippen LogP contribution in [-0.2, 0) is 4.74 Å². The van der Waals surface area contributed by atoms with Crippen molar-refractivity contribution in [1.82, 2.24) is 5.32 Å². The van der Waals surface area contributed by atoms with Crippen molar-refractivity contribution in [3.05, 3.63) is 30.3 Å². The van der Waals surface area contributed by atoms with Crippen LogP contribution in [-0.4, -0.2) is 32.9 Å². The van der Waals surface area contributed by atoms with Crippen molar-refractivity contribution in [3.63, 3.8) is 0 Å². The van der Waals surface area contributed by atoms with Crippen LogP contribution in [0.15, 0.2) is 30.3 Å². The highest BCUT2D eigenvalue weighted by Gasteiger charge is 2.08. The number of benzene rings is 1. The molecule has 3 nitrogen and oxygen atoms in total. The average molecular weight is 209 g/mol. The quantitative estimate of drug-likeness (QED) is 0.741. The topological polar surface area (TPSA) is 30.5 Å². The molecule has 1 aromatic rings. The first-order valence-electron chi connectivity index (χ1n) is 5.28. The van der Waals surface area contributed by atoms with E-state index in [1.165, 1.54) is 0 Å². The summed E-state index contributed by atoms with van der Waals surface area (Å²) in [5, 5.41) is 3.25. The van der Waals surface area contributed by atoms with Gasteiger partial charge in [-0.2, -0.15) is 0 Å². The third-order valence-electron chi connectivity index (χ3n) is 2.02. The van der Waals surface area contributed by atoms with Gasteiger partial charge in [0.1, 0.15) is 11.9 Å². The van der Waals surface area contributed by atoms with Crippen LogP contribution in [0.1, 0.15) is 6.92 Å². The molecule has 0 heterocycles. The summed E-state index contributed by atoms with van der Waals surface area (Å²) in [6, 6.07) is 9.81. The van der Waals surface area contributed by atoms with E-state index >= 15 is 0 Å². The summed E-state index contributed by atoms with van der Waals surface area (Å²) < 4.78 is 10.9. The highest BCUT2D eigenvalue weighted by atomic mass is 16.5. The maximum atomic E-state index is 5.77. The zero-order valence-corrected chi connectivity index (χ0v) is 9.40. The molecule has 1 rings (SSSR count). The molecule has 0 amide bonds. The molecule has 0 bridgehead atoms. The Morgan fingerprint density at radius 1 is 1.27 bits per heavy atom. The number of rotatable bonds is 7. The van der Waals surface area contributed by atoms with Crippen molar-refractivity contribution in [2.45, 2.75) is 13.0 Å². The lowest BCUT2D eigenvalue weighted by Crippen LogP contribution is -2.34. The van der Waals surface area contributed by atoms with E-state index in [9.17, 15) is 0 Å². The number of methoxy groups -OCH3 is 1. The maximum Gasteiger partial charge on any atom is 0.134 e. The van der Waals surface area contributed by atoms with E-state index in [0.29, 0.717) is 6.61 Å². The molecule has 3 heteroatoms. The molecule has 0 spiro atoms. The highest BCUT2D eigenvalue weighted by Crippen LogP contribution is 2.10. The fourth-order valence-electron chi connectivity index (χ4n) is 1.32. The van der Waals surface area contributed by atoms with Gasteiger partial charge in [-0.15, -0.1) is 0 Å². The molecule has 0 radical (unpaired) electrons. The first kappa shape index (κ1) is 12.0. The van der Waals surface area contributed by atoms with Gasteiger partial charge in [-0.3, -0.25) is 0 Å². The number of para-hydroxylation sites is 1. The van der Waals surface area contributed by atoms with Crippen LogP contribution in [0.2, 0.25) is 0 Å². The van der Waals surface area contributed by atoms with Gasteiger partial charge in [0.25, 0.3) is 0 Å². The third kappa shape index (κ3) is 4.81. The SMILES string of the molecule is CCNCC(COC)Oc1ccccc1. The van der Waals surface area contributed by atoms with Crippen molar-refractivity contribution in [2.75, 3.05) is 26.8 Å². The van der Waals surface area contributed by atoms with Gasteiger partial charge in [0.2, 0.25) is 0 Å². The molecular weight excluding hydrogens is 190 g/mol. The van der Waals surface area contributed by atoms with E-state index in [2.05, 4.69) is 12.2 Å². The minimum atomic E-state index is 0.0670. The Hall–Kier alpha value is -1.06. The van der Waals surface area contributed by atoms with Gasteiger partial charge in [-0.25, -0.2) is 0 Å². The van der Waals surface area contributed by atoms with Crippen LogP contribution in [0.25, 0.3) is 0 Å². The largest absolute Gasteiger partial charge is 0.487 e. The van der Waals surface area contributed by atoms with Crippen LogP contribution in [0.3, 0.4) is 0 Å². The Kier molecular flexibility index (Phi) is 5.81. The Morgan fingerprint density at radius 3 is 2.60 bits per heavy atom. The summed E-state index contributed by atoms with van der Waals surface area (Å²) in [6.07, 6.45) is 0.0670. The molecule has 0 aromatic heterocycles. The number of likely N-dealkylation sites (N-methyl/N-ethyl adjacent to an activating group) is 1. The lowest BCUT2D eigenvalue weighted by atomic mass is 10.3. The second-order valence-corrected chi connectivity index (χ2v) is 3.32. The van der Waals surface area contributed by atoms with Crippen molar-refractivity contribution >= 4 is 0 Å². The molecule has 0 aliphatic carbocycles. The lowest BCUT2D eigenvalue weighted by molar-refractivity contribution is 0.0810. The summed E-state index contributed by atoms with van der Waals surface area (Å²) in [5.74, 6) is 0.887. The molecular formula is C12H19NO2. The average Bonchev–Trinajstić information content (AvgIpc) is 2.28. The van der Waals surface area contributed by atoms with Gasteiger partial charge in [-0.1, -0.05) is 25.1 Å². The molecule has 1 unspecified atom stereocenters. The van der Waals surface area contributed by atoms with Gasteiger partial charge in [0, 0.05) is 13.7 Å². The van der Waals surface area contributed by atoms with E-state index in [1.807, 2.05) is 30.3 Å². The second kappa shape index (κ2) is 7.26. The number of hydrogen-bond acceptors (Lipinski definition) is 3. The Morgan fingerprint density at radius 2 is 2.00 bits per heavy atom. The summed E-state index contributed by atoms with van der Waals surface area (Å²) in [6.45, 7) is 4.42. The summed E-state index contributed by atoms with van der Waals surface area (Å²) >= 11 is 0. The molecule has 0 saturated carbocycles. The fourth-order valence-corrected chi connectivity index (χ4v) is 1.32. The normalized spacial score (nSPS) is 12.4. The van der Waals surface area contributed by atoms with Gasteiger partial charge in [0.15, 0.2) is 0 Å². The predicted molar refractivity (Wildman–Crippen MR) is 61.3 cm³/mol. The smallest absolute Gasteiger partial charge is 0.134 e. The number of ether oxygens (including phenoxy) is 2. The van der Waals surface area contributed by atoms with Crippen molar-refractivity contribution in [2.24, 2.45) is 0 Å². The van der Waals surface area contributed by atoms with E-state index < -0.39 is 0 Å². The molecule has 0 aliphatic rings. The summed E-state index contributed by atoms with van der Waals surface area (Å²) in [5.41, 5.74) is 0.